The minimum absolute atomic E-state index is 0.149. The van der Waals surface area contributed by atoms with Gasteiger partial charge in [0, 0.05) is 4.90 Å². The second-order valence-electron chi connectivity index (χ2n) is 4.86. The van der Waals surface area contributed by atoms with Crippen LogP contribution in [0.15, 0.2) is 23.4 Å². The van der Waals surface area contributed by atoms with E-state index in [2.05, 4.69) is 22.7 Å². The third kappa shape index (κ3) is 2.82. The number of halogens is 3. The van der Waals surface area contributed by atoms with E-state index in [9.17, 15) is 13.2 Å². The zero-order valence-corrected chi connectivity index (χ0v) is 12.1. The molecule has 0 spiro atoms. The smallest absolute Gasteiger partial charge is 0.220 e. The van der Waals surface area contributed by atoms with Crippen LogP contribution in [-0.2, 0) is 6.18 Å². The van der Waals surface area contributed by atoms with Crippen LogP contribution in [0.2, 0.25) is 0 Å². The van der Waals surface area contributed by atoms with Gasteiger partial charge >= 0.3 is 6.18 Å². The Balaban J connectivity index is 2.57. The Morgan fingerprint density at radius 1 is 1.25 bits per heavy atom. The van der Waals surface area contributed by atoms with Crippen LogP contribution in [0.1, 0.15) is 36.7 Å². The fraction of sp³-hybridized carbons (Fsp3) is 0.385. The SMILES string of the molecule is Cc1cc(C(C)C)c(-n2cnc(C(F)(F)F)n2)cc1S. The molecule has 7 heteroatoms. The summed E-state index contributed by atoms with van der Waals surface area (Å²) >= 11 is 4.31. The molecule has 0 bridgehead atoms. The van der Waals surface area contributed by atoms with Crippen LogP contribution in [0.25, 0.3) is 5.69 Å². The number of thiol groups is 1. The van der Waals surface area contributed by atoms with E-state index in [0.29, 0.717) is 10.6 Å². The van der Waals surface area contributed by atoms with Gasteiger partial charge in [-0.15, -0.1) is 17.7 Å². The second-order valence-corrected chi connectivity index (χ2v) is 5.34. The van der Waals surface area contributed by atoms with Gasteiger partial charge in [0.05, 0.1) is 5.69 Å². The zero-order chi connectivity index (χ0) is 15.1. The maximum Gasteiger partial charge on any atom is 0.453 e. The van der Waals surface area contributed by atoms with Crippen molar-refractivity contribution in [1.82, 2.24) is 14.8 Å². The van der Waals surface area contributed by atoms with E-state index in [-0.39, 0.29) is 5.92 Å². The topological polar surface area (TPSA) is 30.7 Å². The molecule has 0 aliphatic heterocycles. The van der Waals surface area contributed by atoms with Gasteiger partial charge in [0.15, 0.2) is 0 Å². The lowest BCUT2D eigenvalue weighted by Gasteiger charge is -2.15. The van der Waals surface area contributed by atoms with Crippen molar-refractivity contribution in [2.75, 3.05) is 0 Å². The fourth-order valence-electron chi connectivity index (χ4n) is 1.88. The highest BCUT2D eigenvalue weighted by Gasteiger charge is 2.36. The van der Waals surface area contributed by atoms with Gasteiger partial charge in [-0.1, -0.05) is 19.9 Å². The number of rotatable bonds is 2. The number of aryl methyl sites for hydroxylation is 1. The van der Waals surface area contributed by atoms with E-state index >= 15 is 0 Å². The van der Waals surface area contributed by atoms with Gasteiger partial charge < -0.3 is 0 Å². The minimum Gasteiger partial charge on any atom is -0.220 e. The Bertz CT molecular complexity index is 632. The van der Waals surface area contributed by atoms with E-state index in [4.69, 9.17) is 0 Å². The maximum atomic E-state index is 12.6. The maximum absolute atomic E-state index is 12.6. The fourth-order valence-corrected chi connectivity index (χ4v) is 2.06. The Morgan fingerprint density at radius 2 is 1.90 bits per heavy atom. The average Bonchev–Trinajstić information content (AvgIpc) is 2.80. The van der Waals surface area contributed by atoms with Crippen LogP contribution in [0.3, 0.4) is 0 Å². The highest BCUT2D eigenvalue weighted by atomic mass is 32.1. The third-order valence-corrected chi connectivity index (χ3v) is 3.44. The zero-order valence-electron chi connectivity index (χ0n) is 11.2. The molecule has 0 fully saturated rings. The van der Waals surface area contributed by atoms with E-state index < -0.39 is 12.0 Å². The molecule has 2 rings (SSSR count). The summed E-state index contributed by atoms with van der Waals surface area (Å²) in [7, 11) is 0. The summed E-state index contributed by atoms with van der Waals surface area (Å²) < 4.78 is 38.8. The summed E-state index contributed by atoms with van der Waals surface area (Å²) in [5.41, 5.74) is 2.44. The van der Waals surface area contributed by atoms with E-state index in [0.717, 1.165) is 22.1 Å². The standard InChI is InChI=1S/C13H14F3N3S/c1-7(2)9-4-8(3)11(20)5-10(9)19-6-17-12(18-19)13(14,15)16/h4-7,20H,1-3H3. The van der Waals surface area contributed by atoms with Crippen LogP contribution < -0.4 is 0 Å². The highest BCUT2D eigenvalue weighted by Crippen LogP contribution is 2.30. The Hall–Kier alpha value is -1.50. The summed E-state index contributed by atoms with van der Waals surface area (Å²) in [4.78, 5) is 4.02. The first-order chi connectivity index (χ1) is 9.20. The van der Waals surface area contributed by atoms with Crippen LogP contribution in [0.4, 0.5) is 13.2 Å². The Labute approximate surface area is 120 Å². The van der Waals surface area contributed by atoms with Gasteiger partial charge in [0.1, 0.15) is 6.33 Å². The number of hydrogen-bond donors (Lipinski definition) is 1. The Kier molecular flexibility index (Phi) is 3.82. The van der Waals surface area contributed by atoms with Crippen molar-refractivity contribution >= 4 is 12.6 Å². The van der Waals surface area contributed by atoms with Gasteiger partial charge in [-0.2, -0.15) is 13.2 Å². The predicted octanol–water partition coefficient (Wildman–Crippen LogP) is 4.01. The lowest BCUT2D eigenvalue weighted by atomic mass is 9.99. The predicted molar refractivity (Wildman–Crippen MR) is 72.4 cm³/mol. The molecule has 1 aromatic heterocycles. The summed E-state index contributed by atoms with van der Waals surface area (Å²) in [6, 6.07) is 3.62. The van der Waals surface area contributed by atoms with Crippen molar-refractivity contribution < 1.29 is 13.2 Å². The van der Waals surface area contributed by atoms with Crippen molar-refractivity contribution in [3.8, 4) is 5.69 Å². The highest BCUT2D eigenvalue weighted by molar-refractivity contribution is 7.80. The molecule has 1 heterocycles. The second kappa shape index (κ2) is 5.12. The molecule has 3 nitrogen and oxygen atoms in total. The first kappa shape index (κ1) is 14.9. The molecular weight excluding hydrogens is 287 g/mol. The molecule has 0 atom stereocenters. The number of hydrogen-bond acceptors (Lipinski definition) is 3. The average molecular weight is 301 g/mol. The molecule has 0 saturated carbocycles. The molecule has 0 unspecified atom stereocenters. The van der Waals surface area contributed by atoms with Gasteiger partial charge in [0.2, 0.25) is 0 Å². The number of aromatic nitrogens is 3. The normalized spacial score (nSPS) is 12.2. The third-order valence-electron chi connectivity index (χ3n) is 2.96. The first-order valence-electron chi connectivity index (χ1n) is 6.03. The van der Waals surface area contributed by atoms with E-state index in [1.165, 1.54) is 0 Å². The van der Waals surface area contributed by atoms with Gasteiger partial charge in [-0.25, -0.2) is 9.67 Å². The van der Waals surface area contributed by atoms with Crippen LogP contribution >= 0.6 is 12.6 Å². The summed E-state index contributed by atoms with van der Waals surface area (Å²) in [5.74, 6) is -0.996. The number of nitrogens with zero attached hydrogens (tertiary/aromatic N) is 3. The lowest BCUT2D eigenvalue weighted by molar-refractivity contribution is -0.144. The molecule has 0 aliphatic rings. The number of benzene rings is 1. The molecule has 0 amide bonds. The van der Waals surface area contributed by atoms with Crippen molar-refractivity contribution in [2.45, 2.75) is 37.8 Å². The van der Waals surface area contributed by atoms with Crippen molar-refractivity contribution in [1.29, 1.82) is 0 Å². The largest absolute Gasteiger partial charge is 0.453 e. The van der Waals surface area contributed by atoms with E-state index in [1.807, 2.05) is 26.8 Å². The van der Waals surface area contributed by atoms with Crippen molar-refractivity contribution in [2.24, 2.45) is 0 Å². The molecule has 0 aliphatic carbocycles. The summed E-state index contributed by atoms with van der Waals surface area (Å²) in [6.45, 7) is 5.84. The molecule has 0 radical (unpaired) electrons. The Morgan fingerprint density at radius 3 is 2.40 bits per heavy atom. The van der Waals surface area contributed by atoms with Crippen LogP contribution in [0, 0.1) is 6.92 Å². The van der Waals surface area contributed by atoms with Crippen LogP contribution in [0.5, 0.6) is 0 Å². The molecule has 0 N–H and O–H groups in total. The minimum atomic E-state index is -4.54. The summed E-state index contributed by atoms with van der Waals surface area (Å²) in [5, 5.41) is 3.51. The van der Waals surface area contributed by atoms with E-state index in [1.54, 1.807) is 6.07 Å². The molecular formula is C13H14F3N3S. The van der Waals surface area contributed by atoms with Crippen LogP contribution in [-0.4, -0.2) is 14.8 Å². The monoisotopic (exact) mass is 301 g/mol. The first-order valence-corrected chi connectivity index (χ1v) is 6.47. The molecule has 1 aromatic carbocycles. The van der Waals surface area contributed by atoms with Gasteiger partial charge in [-0.05, 0) is 30.0 Å². The van der Waals surface area contributed by atoms with Crippen molar-refractivity contribution in [3.05, 3.63) is 35.4 Å². The molecule has 108 valence electrons. The number of alkyl halides is 3. The molecule has 0 saturated heterocycles. The van der Waals surface area contributed by atoms with Gasteiger partial charge in [0.25, 0.3) is 5.82 Å². The van der Waals surface area contributed by atoms with Crippen molar-refractivity contribution in [3.63, 3.8) is 0 Å². The quantitative estimate of drug-likeness (QED) is 0.850. The molecule has 20 heavy (non-hydrogen) atoms. The lowest BCUT2D eigenvalue weighted by Crippen LogP contribution is -2.09. The van der Waals surface area contributed by atoms with Gasteiger partial charge in [-0.3, -0.25) is 0 Å². The summed E-state index contributed by atoms with van der Waals surface area (Å²) in [6.07, 6.45) is -3.47. The molecule has 2 aromatic rings.